The Morgan fingerprint density at radius 2 is 2.33 bits per heavy atom. The number of imidazole rings is 1. The van der Waals surface area contributed by atoms with Crippen LogP contribution in [0.15, 0.2) is 24.7 Å². The van der Waals surface area contributed by atoms with Crippen LogP contribution in [0.2, 0.25) is 0 Å². The summed E-state index contributed by atoms with van der Waals surface area (Å²) >= 11 is 0. The fourth-order valence-electron chi connectivity index (χ4n) is 1.68. The lowest BCUT2D eigenvalue weighted by molar-refractivity contribution is -0.116. The van der Waals surface area contributed by atoms with Gasteiger partial charge in [-0.1, -0.05) is 0 Å². The first-order chi connectivity index (χ1) is 8.56. The van der Waals surface area contributed by atoms with Crippen molar-refractivity contribution in [2.24, 2.45) is 0 Å². The number of aromatic nitrogens is 2. The van der Waals surface area contributed by atoms with Gasteiger partial charge in [0, 0.05) is 18.7 Å². The Hall–Kier alpha value is -1.97. The molecule has 0 aliphatic heterocycles. The average molecular weight is 245 g/mol. The van der Waals surface area contributed by atoms with E-state index < -0.39 is 0 Å². The maximum absolute atomic E-state index is 13.7. The summed E-state index contributed by atoms with van der Waals surface area (Å²) in [7, 11) is 0. The van der Waals surface area contributed by atoms with Crippen molar-refractivity contribution >= 4 is 5.78 Å². The van der Waals surface area contributed by atoms with Crippen LogP contribution in [0.4, 0.5) is 4.39 Å². The number of ketones is 1. The molecule has 1 aromatic heterocycles. The Bertz CT molecular complexity index is 575. The molecule has 2 rings (SSSR count). The number of Topliss-reactive ketones (excluding diaryl/α,β-unsaturated/α-hetero) is 1. The molecule has 0 N–H and O–H groups in total. The van der Waals surface area contributed by atoms with Gasteiger partial charge in [0.15, 0.2) is 0 Å². The maximum atomic E-state index is 13.7. The number of carbonyl (C=O) groups is 1. The highest BCUT2D eigenvalue weighted by Crippen LogP contribution is 2.15. The first kappa shape index (κ1) is 12.5. The molecule has 0 atom stereocenters. The lowest BCUT2D eigenvalue weighted by Crippen LogP contribution is -1.96. The van der Waals surface area contributed by atoms with E-state index in [1.807, 2.05) is 6.92 Å². The summed E-state index contributed by atoms with van der Waals surface area (Å²) in [6.45, 7) is 3.36. The van der Waals surface area contributed by atoms with Gasteiger partial charge in [-0.3, -0.25) is 0 Å². The number of benzene rings is 1. The Kier molecular flexibility index (Phi) is 3.55. The number of nitrogens with zero attached hydrogens (tertiary/aromatic N) is 2. The third-order valence-corrected chi connectivity index (χ3v) is 2.64. The molecule has 1 aromatic carbocycles. The van der Waals surface area contributed by atoms with Crippen LogP contribution in [0.25, 0.3) is 5.69 Å². The first-order valence-electron chi connectivity index (χ1n) is 5.77. The van der Waals surface area contributed by atoms with E-state index in [-0.39, 0.29) is 11.6 Å². The van der Waals surface area contributed by atoms with Crippen molar-refractivity contribution in [3.63, 3.8) is 0 Å². The number of carbonyl (C=O) groups excluding carboxylic acids is 1. The van der Waals surface area contributed by atoms with E-state index in [2.05, 4.69) is 11.1 Å². The zero-order valence-electron chi connectivity index (χ0n) is 10.4. The topological polar surface area (TPSA) is 34.9 Å². The Labute approximate surface area is 105 Å². The first-order valence-corrected chi connectivity index (χ1v) is 5.77. The second-order valence-electron chi connectivity index (χ2n) is 4.35. The van der Waals surface area contributed by atoms with Crippen molar-refractivity contribution < 1.29 is 9.18 Å². The van der Waals surface area contributed by atoms with Gasteiger partial charge in [-0.05, 0) is 38.0 Å². The molecular weight excluding hydrogens is 231 g/mol. The van der Waals surface area contributed by atoms with Gasteiger partial charge < -0.3 is 9.36 Å². The zero-order chi connectivity index (χ0) is 13.1. The molecule has 0 unspecified atom stereocenters. The van der Waals surface area contributed by atoms with Crippen molar-refractivity contribution in [3.05, 3.63) is 47.8 Å². The minimum absolute atomic E-state index is 0.123. The predicted octanol–water partition coefficient (Wildman–Crippen LogP) is 2.64. The quantitative estimate of drug-likeness (QED) is 0.830. The number of hydrogen-bond donors (Lipinski definition) is 0. The highest BCUT2D eigenvalue weighted by molar-refractivity contribution is 5.75. The van der Waals surface area contributed by atoms with Crippen LogP contribution >= 0.6 is 0 Å². The molecule has 3 nitrogen and oxygen atoms in total. The van der Waals surface area contributed by atoms with Crippen LogP contribution in [-0.2, 0) is 11.2 Å². The molecule has 1 heterocycles. The van der Waals surface area contributed by atoms with Gasteiger partial charge in [-0.15, -0.1) is 0 Å². The van der Waals surface area contributed by atoms with Gasteiger partial charge in [0.1, 0.15) is 11.6 Å². The molecule has 0 saturated heterocycles. The zero-order valence-corrected chi connectivity index (χ0v) is 10.4. The summed E-state index contributed by atoms with van der Waals surface area (Å²) in [4.78, 5) is 15.0. The van der Waals surface area contributed by atoms with E-state index >= 15 is 0 Å². The third-order valence-electron chi connectivity index (χ3n) is 2.64. The normalized spacial score (nSPS) is 10.6. The van der Waals surface area contributed by atoms with E-state index in [1.54, 1.807) is 30.1 Å². The molecule has 0 fully saturated rings. The van der Waals surface area contributed by atoms with E-state index in [0.29, 0.717) is 18.5 Å². The van der Waals surface area contributed by atoms with Crippen LogP contribution in [0.1, 0.15) is 24.6 Å². The van der Waals surface area contributed by atoms with Crippen molar-refractivity contribution in [1.82, 2.24) is 9.55 Å². The fourth-order valence-corrected chi connectivity index (χ4v) is 1.68. The molecule has 4 heteroatoms. The van der Waals surface area contributed by atoms with Gasteiger partial charge in [0.05, 0.1) is 17.7 Å². The van der Waals surface area contributed by atoms with Crippen LogP contribution in [-0.4, -0.2) is 15.3 Å². The van der Waals surface area contributed by atoms with Crippen LogP contribution in [0.5, 0.6) is 0 Å². The smallest absolute Gasteiger partial charge is 0.148 e. The van der Waals surface area contributed by atoms with Crippen LogP contribution in [0, 0.1) is 18.8 Å². The van der Waals surface area contributed by atoms with Crippen molar-refractivity contribution in [2.75, 3.05) is 0 Å². The molecule has 0 aliphatic rings. The van der Waals surface area contributed by atoms with Crippen molar-refractivity contribution in [3.8, 4) is 5.69 Å². The Balaban J connectivity index is 2.21. The highest BCUT2D eigenvalue weighted by atomic mass is 19.1. The minimum atomic E-state index is -0.328. The number of halogens is 1. The van der Waals surface area contributed by atoms with E-state index in [1.165, 1.54) is 6.07 Å². The molecule has 2 aromatic rings. The molecular formula is C14H14FN2O. The minimum Gasteiger partial charge on any atom is -0.303 e. The van der Waals surface area contributed by atoms with Gasteiger partial charge >= 0.3 is 0 Å². The summed E-state index contributed by atoms with van der Waals surface area (Å²) in [5, 5.41) is 0. The number of aryl methyl sites for hydroxylation is 2. The summed E-state index contributed by atoms with van der Waals surface area (Å²) in [6, 6.07) is 6.07. The van der Waals surface area contributed by atoms with Crippen LogP contribution < -0.4 is 0 Å². The average Bonchev–Trinajstić information content (AvgIpc) is 2.75. The molecule has 93 valence electrons. The summed E-state index contributed by atoms with van der Waals surface area (Å²) < 4.78 is 15.3. The van der Waals surface area contributed by atoms with Gasteiger partial charge in [0.25, 0.3) is 0 Å². The van der Waals surface area contributed by atoms with E-state index in [0.717, 1.165) is 11.3 Å². The number of rotatable bonds is 4. The van der Waals surface area contributed by atoms with Crippen molar-refractivity contribution in [1.29, 1.82) is 0 Å². The van der Waals surface area contributed by atoms with Gasteiger partial charge in [-0.2, -0.15) is 0 Å². The monoisotopic (exact) mass is 245 g/mol. The van der Waals surface area contributed by atoms with Gasteiger partial charge in [0.2, 0.25) is 0 Å². The molecule has 0 aliphatic carbocycles. The molecule has 1 radical (unpaired) electrons. The summed E-state index contributed by atoms with van der Waals surface area (Å²) in [5.41, 5.74) is 1.95. The second-order valence-corrected chi connectivity index (χ2v) is 4.35. The Morgan fingerprint density at radius 3 is 3.00 bits per heavy atom. The second kappa shape index (κ2) is 5.12. The summed E-state index contributed by atoms with van der Waals surface area (Å²) in [5.74, 6) is -0.205. The highest BCUT2D eigenvalue weighted by Gasteiger charge is 2.07. The third kappa shape index (κ3) is 2.83. The Morgan fingerprint density at radius 1 is 1.56 bits per heavy atom. The fraction of sp³-hybridized carbons (Fsp3) is 0.286. The van der Waals surface area contributed by atoms with Crippen molar-refractivity contribution in [2.45, 2.75) is 26.7 Å². The summed E-state index contributed by atoms with van der Waals surface area (Å²) in [6.07, 6.45) is 4.31. The lowest BCUT2D eigenvalue weighted by Gasteiger charge is -2.03. The van der Waals surface area contributed by atoms with Gasteiger partial charge in [-0.25, -0.2) is 9.37 Å². The SMILES string of the molecule is CC(=O)CCc1cn(-c2[c]cc(C)cc2F)cn1. The molecule has 18 heavy (non-hydrogen) atoms. The maximum Gasteiger partial charge on any atom is 0.148 e. The predicted molar refractivity (Wildman–Crippen MR) is 66.1 cm³/mol. The molecule has 0 saturated carbocycles. The van der Waals surface area contributed by atoms with E-state index in [4.69, 9.17) is 0 Å². The standard InChI is InChI=1S/C14H14FN2O/c1-10-3-6-14(13(15)7-10)17-8-12(16-9-17)5-4-11(2)18/h3,7-9H,4-5H2,1-2H3. The van der Waals surface area contributed by atoms with E-state index in [9.17, 15) is 9.18 Å². The molecule has 0 spiro atoms. The molecule has 0 bridgehead atoms. The molecule has 0 amide bonds. The van der Waals surface area contributed by atoms with Crippen LogP contribution in [0.3, 0.4) is 0 Å². The number of hydrogen-bond acceptors (Lipinski definition) is 2. The lowest BCUT2D eigenvalue weighted by atomic mass is 10.2. The largest absolute Gasteiger partial charge is 0.303 e.